The second-order valence-corrected chi connectivity index (χ2v) is 5.62. The monoisotopic (exact) mass is 274 g/mol. The molecule has 102 valence electrons. The molecule has 0 bridgehead atoms. The quantitative estimate of drug-likeness (QED) is 0.775. The van der Waals surface area contributed by atoms with Crippen LogP contribution in [0.3, 0.4) is 0 Å². The summed E-state index contributed by atoms with van der Waals surface area (Å²) in [6.45, 7) is 8.47. The minimum absolute atomic E-state index is 0.982. The van der Waals surface area contributed by atoms with Crippen LogP contribution in [-0.4, -0.2) is 19.6 Å². The number of nitrogens with zero attached hydrogens (tertiary/aromatic N) is 1. The SMILES string of the molecule is CCN(CCNCc1sccc1C)c1ccccc1. The molecule has 1 N–H and O–H groups in total. The molecule has 0 aliphatic rings. The van der Waals surface area contributed by atoms with Gasteiger partial charge in [0.15, 0.2) is 0 Å². The molecule has 0 radical (unpaired) electrons. The van der Waals surface area contributed by atoms with Gasteiger partial charge >= 0.3 is 0 Å². The van der Waals surface area contributed by atoms with Crippen LogP contribution in [0.15, 0.2) is 41.8 Å². The lowest BCUT2D eigenvalue weighted by Crippen LogP contribution is -2.31. The predicted molar refractivity (Wildman–Crippen MR) is 85.1 cm³/mol. The third-order valence-electron chi connectivity index (χ3n) is 3.32. The Morgan fingerprint density at radius 2 is 1.95 bits per heavy atom. The molecule has 0 fully saturated rings. The minimum atomic E-state index is 0.982. The van der Waals surface area contributed by atoms with Gasteiger partial charge in [0.2, 0.25) is 0 Å². The normalized spacial score (nSPS) is 10.6. The molecule has 0 aliphatic carbocycles. The fourth-order valence-electron chi connectivity index (χ4n) is 2.11. The van der Waals surface area contributed by atoms with Crippen LogP contribution in [0.5, 0.6) is 0 Å². The highest BCUT2D eigenvalue weighted by Crippen LogP contribution is 2.15. The number of likely N-dealkylation sites (N-methyl/N-ethyl adjacent to an activating group) is 1. The highest BCUT2D eigenvalue weighted by molar-refractivity contribution is 7.10. The van der Waals surface area contributed by atoms with Crippen LogP contribution in [0.25, 0.3) is 0 Å². The molecule has 0 aliphatic heterocycles. The zero-order valence-corrected chi connectivity index (χ0v) is 12.5. The summed E-state index contributed by atoms with van der Waals surface area (Å²) in [7, 11) is 0. The fourth-order valence-corrected chi connectivity index (χ4v) is 2.99. The predicted octanol–water partition coefficient (Wildman–Crippen LogP) is 3.67. The molecule has 1 aromatic carbocycles. The molecule has 0 saturated heterocycles. The summed E-state index contributed by atoms with van der Waals surface area (Å²) >= 11 is 1.83. The highest BCUT2D eigenvalue weighted by atomic mass is 32.1. The van der Waals surface area contributed by atoms with E-state index in [0.717, 1.165) is 26.2 Å². The third-order valence-corrected chi connectivity index (χ3v) is 4.34. The Balaban J connectivity index is 1.77. The molecule has 0 atom stereocenters. The molecular formula is C16H22N2S. The average molecular weight is 274 g/mol. The molecule has 0 unspecified atom stereocenters. The molecule has 1 aromatic heterocycles. The van der Waals surface area contributed by atoms with E-state index < -0.39 is 0 Å². The lowest BCUT2D eigenvalue weighted by Gasteiger charge is -2.23. The summed E-state index contributed by atoms with van der Waals surface area (Å²) in [5.74, 6) is 0. The summed E-state index contributed by atoms with van der Waals surface area (Å²) in [4.78, 5) is 3.84. The molecule has 3 heteroatoms. The van der Waals surface area contributed by atoms with Gasteiger partial charge in [0.1, 0.15) is 0 Å². The molecule has 2 aromatic rings. The second-order valence-electron chi connectivity index (χ2n) is 4.62. The summed E-state index contributed by atoms with van der Waals surface area (Å²) in [6.07, 6.45) is 0. The van der Waals surface area contributed by atoms with Crippen molar-refractivity contribution in [1.29, 1.82) is 0 Å². The van der Waals surface area contributed by atoms with E-state index in [-0.39, 0.29) is 0 Å². The number of nitrogens with one attached hydrogen (secondary N) is 1. The van der Waals surface area contributed by atoms with Crippen LogP contribution in [-0.2, 0) is 6.54 Å². The van der Waals surface area contributed by atoms with Crippen molar-refractivity contribution >= 4 is 17.0 Å². The first-order valence-electron chi connectivity index (χ1n) is 6.85. The maximum atomic E-state index is 3.53. The molecule has 2 nitrogen and oxygen atoms in total. The molecule has 2 rings (SSSR count). The van der Waals surface area contributed by atoms with Crippen molar-refractivity contribution in [1.82, 2.24) is 5.32 Å². The Morgan fingerprint density at radius 1 is 1.16 bits per heavy atom. The van der Waals surface area contributed by atoms with E-state index >= 15 is 0 Å². The van der Waals surface area contributed by atoms with Crippen molar-refractivity contribution in [2.24, 2.45) is 0 Å². The standard InChI is InChI=1S/C16H22N2S/c1-3-18(15-7-5-4-6-8-15)11-10-17-13-16-14(2)9-12-19-16/h4-9,12,17H,3,10-11,13H2,1-2H3. The van der Waals surface area contributed by atoms with Gasteiger partial charge in [-0.05, 0) is 43.0 Å². The van der Waals surface area contributed by atoms with E-state index in [2.05, 4.69) is 65.8 Å². The van der Waals surface area contributed by atoms with Crippen LogP contribution in [0.1, 0.15) is 17.4 Å². The van der Waals surface area contributed by atoms with Crippen molar-refractivity contribution in [2.45, 2.75) is 20.4 Å². The Kier molecular flexibility index (Phi) is 5.43. The first-order valence-corrected chi connectivity index (χ1v) is 7.73. The van der Waals surface area contributed by atoms with Crippen molar-refractivity contribution in [3.8, 4) is 0 Å². The Hall–Kier alpha value is -1.32. The second kappa shape index (κ2) is 7.31. The van der Waals surface area contributed by atoms with Gasteiger partial charge in [0.25, 0.3) is 0 Å². The van der Waals surface area contributed by atoms with Crippen LogP contribution in [0, 0.1) is 6.92 Å². The van der Waals surface area contributed by atoms with Gasteiger partial charge in [-0.15, -0.1) is 11.3 Å². The van der Waals surface area contributed by atoms with Crippen molar-refractivity contribution in [3.63, 3.8) is 0 Å². The van der Waals surface area contributed by atoms with Crippen molar-refractivity contribution in [2.75, 3.05) is 24.5 Å². The summed E-state index contributed by atoms with van der Waals surface area (Å²) < 4.78 is 0. The van der Waals surface area contributed by atoms with E-state index in [0.29, 0.717) is 0 Å². The van der Waals surface area contributed by atoms with E-state index in [9.17, 15) is 0 Å². The molecule has 0 amide bonds. The largest absolute Gasteiger partial charge is 0.371 e. The lowest BCUT2D eigenvalue weighted by molar-refractivity contribution is 0.669. The Morgan fingerprint density at radius 3 is 2.58 bits per heavy atom. The number of para-hydroxylation sites is 1. The van der Waals surface area contributed by atoms with E-state index in [4.69, 9.17) is 0 Å². The minimum Gasteiger partial charge on any atom is -0.371 e. The van der Waals surface area contributed by atoms with Crippen LogP contribution in [0.4, 0.5) is 5.69 Å². The fraction of sp³-hybridized carbons (Fsp3) is 0.375. The smallest absolute Gasteiger partial charge is 0.0366 e. The lowest BCUT2D eigenvalue weighted by atomic mass is 10.3. The molecular weight excluding hydrogens is 252 g/mol. The van der Waals surface area contributed by atoms with E-state index in [1.807, 2.05) is 11.3 Å². The van der Waals surface area contributed by atoms with E-state index in [1.54, 1.807) is 0 Å². The zero-order chi connectivity index (χ0) is 13.5. The number of benzene rings is 1. The van der Waals surface area contributed by atoms with Gasteiger partial charge in [-0.3, -0.25) is 0 Å². The summed E-state index contributed by atoms with van der Waals surface area (Å²) in [5, 5.41) is 5.69. The maximum Gasteiger partial charge on any atom is 0.0366 e. The van der Waals surface area contributed by atoms with E-state index in [1.165, 1.54) is 16.1 Å². The maximum absolute atomic E-state index is 3.53. The van der Waals surface area contributed by atoms with Gasteiger partial charge in [-0.2, -0.15) is 0 Å². The first kappa shape index (κ1) is 14.1. The number of rotatable bonds is 7. The number of hydrogen-bond donors (Lipinski definition) is 1. The van der Waals surface area contributed by atoms with Gasteiger partial charge in [-0.25, -0.2) is 0 Å². The topological polar surface area (TPSA) is 15.3 Å². The highest BCUT2D eigenvalue weighted by Gasteiger charge is 2.03. The number of thiophene rings is 1. The number of anilines is 1. The first-order chi connectivity index (χ1) is 9.31. The summed E-state index contributed by atoms with van der Waals surface area (Å²) in [5.41, 5.74) is 2.70. The third kappa shape index (κ3) is 4.08. The Bertz CT molecular complexity index is 479. The van der Waals surface area contributed by atoms with Gasteiger partial charge < -0.3 is 10.2 Å². The summed E-state index contributed by atoms with van der Waals surface area (Å²) in [6, 6.07) is 12.8. The molecule has 1 heterocycles. The van der Waals surface area contributed by atoms with Crippen LogP contribution < -0.4 is 10.2 Å². The Labute approximate surface area is 120 Å². The van der Waals surface area contributed by atoms with Gasteiger partial charge in [0, 0.05) is 36.7 Å². The number of aryl methyl sites for hydroxylation is 1. The molecule has 0 spiro atoms. The average Bonchev–Trinajstić information content (AvgIpc) is 2.85. The van der Waals surface area contributed by atoms with Gasteiger partial charge in [-0.1, -0.05) is 18.2 Å². The zero-order valence-electron chi connectivity index (χ0n) is 11.7. The van der Waals surface area contributed by atoms with Crippen LogP contribution >= 0.6 is 11.3 Å². The van der Waals surface area contributed by atoms with Crippen molar-refractivity contribution in [3.05, 3.63) is 52.2 Å². The van der Waals surface area contributed by atoms with Crippen LogP contribution in [0.2, 0.25) is 0 Å². The van der Waals surface area contributed by atoms with Crippen molar-refractivity contribution < 1.29 is 0 Å². The van der Waals surface area contributed by atoms with Gasteiger partial charge in [0.05, 0.1) is 0 Å². The molecule has 19 heavy (non-hydrogen) atoms. The molecule has 0 saturated carbocycles. The number of hydrogen-bond acceptors (Lipinski definition) is 3.